The summed E-state index contributed by atoms with van der Waals surface area (Å²) in [5.41, 5.74) is 1.64. The van der Waals surface area contributed by atoms with E-state index in [9.17, 15) is 0 Å². The number of hydrogen-bond donors (Lipinski definition) is 1. The van der Waals surface area contributed by atoms with Crippen LogP contribution in [0.4, 0.5) is 0 Å². The summed E-state index contributed by atoms with van der Waals surface area (Å²) in [6.07, 6.45) is 3.56. The molecule has 3 rings (SSSR count). The number of nitrogens with zero attached hydrogens (tertiary/aromatic N) is 2. The molecule has 0 aliphatic carbocycles. The van der Waals surface area contributed by atoms with Gasteiger partial charge in [-0.25, -0.2) is 9.97 Å². The first kappa shape index (κ1) is 14.1. The smallest absolute Gasteiger partial charge is 0.278 e. The zero-order chi connectivity index (χ0) is 14.5. The van der Waals surface area contributed by atoms with E-state index >= 15 is 0 Å². The van der Waals surface area contributed by atoms with Crippen LogP contribution in [0.1, 0.15) is 19.3 Å². The molecule has 1 saturated heterocycles. The Morgan fingerprint density at radius 1 is 1.19 bits per heavy atom. The van der Waals surface area contributed by atoms with Crippen LogP contribution in [0, 0.1) is 5.92 Å². The molecule has 1 aromatic carbocycles. The molecule has 0 bridgehead atoms. The Hall–Kier alpha value is -1.88. The third-order valence-corrected chi connectivity index (χ3v) is 3.87. The topological polar surface area (TPSA) is 56.3 Å². The highest BCUT2D eigenvalue weighted by molar-refractivity contribution is 5.75. The Morgan fingerprint density at radius 3 is 2.62 bits per heavy atom. The second-order valence-electron chi connectivity index (χ2n) is 5.38. The molecule has 1 fully saturated rings. The predicted octanol–water partition coefficient (Wildman–Crippen LogP) is 2.41. The molecule has 1 aliphatic rings. The SMILES string of the molecule is COc1nc2ccccc2nc1OCC[C@@H]1CCCNC1. The van der Waals surface area contributed by atoms with E-state index in [1.807, 2.05) is 24.3 Å². The standard InChI is InChI=1S/C16H21N3O2/c1-20-15-16(19-14-7-3-2-6-13(14)18-15)21-10-8-12-5-4-9-17-11-12/h2-3,6-7,12,17H,4-5,8-11H2,1H3/t12-/m0/s1. The van der Waals surface area contributed by atoms with Gasteiger partial charge < -0.3 is 14.8 Å². The van der Waals surface area contributed by atoms with Crippen LogP contribution < -0.4 is 14.8 Å². The largest absolute Gasteiger partial charge is 0.477 e. The molecular formula is C16H21N3O2. The minimum absolute atomic E-state index is 0.454. The van der Waals surface area contributed by atoms with E-state index in [0.29, 0.717) is 24.3 Å². The zero-order valence-electron chi connectivity index (χ0n) is 12.3. The highest BCUT2D eigenvalue weighted by Crippen LogP contribution is 2.25. The number of piperidine rings is 1. The van der Waals surface area contributed by atoms with Crippen molar-refractivity contribution in [1.29, 1.82) is 0 Å². The second kappa shape index (κ2) is 6.72. The summed E-state index contributed by atoms with van der Waals surface area (Å²) in [7, 11) is 1.59. The fourth-order valence-corrected chi connectivity index (χ4v) is 2.69. The average molecular weight is 287 g/mol. The number of nitrogens with one attached hydrogen (secondary N) is 1. The molecule has 0 amide bonds. The van der Waals surface area contributed by atoms with E-state index in [1.54, 1.807) is 7.11 Å². The first-order chi connectivity index (χ1) is 10.4. The number of fused-ring (bicyclic) bond motifs is 1. The van der Waals surface area contributed by atoms with Crippen molar-refractivity contribution in [1.82, 2.24) is 15.3 Å². The first-order valence-electron chi connectivity index (χ1n) is 7.51. The summed E-state index contributed by atoms with van der Waals surface area (Å²) in [5, 5.41) is 3.42. The number of benzene rings is 1. The monoisotopic (exact) mass is 287 g/mol. The molecule has 21 heavy (non-hydrogen) atoms. The third kappa shape index (κ3) is 3.42. The zero-order valence-corrected chi connectivity index (χ0v) is 12.3. The highest BCUT2D eigenvalue weighted by atomic mass is 16.5. The van der Waals surface area contributed by atoms with Crippen molar-refractivity contribution in [3.05, 3.63) is 24.3 Å². The van der Waals surface area contributed by atoms with Crippen LogP contribution in [0.5, 0.6) is 11.8 Å². The maximum atomic E-state index is 5.81. The molecule has 5 nitrogen and oxygen atoms in total. The summed E-state index contributed by atoms with van der Waals surface area (Å²) >= 11 is 0. The van der Waals surface area contributed by atoms with Crippen LogP contribution in [0.2, 0.25) is 0 Å². The van der Waals surface area contributed by atoms with Gasteiger partial charge in [-0.05, 0) is 50.4 Å². The summed E-state index contributed by atoms with van der Waals surface area (Å²) in [6, 6.07) is 7.73. The number of ether oxygens (including phenoxy) is 2. The van der Waals surface area contributed by atoms with Crippen molar-refractivity contribution < 1.29 is 9.47 Å². The van der Waals surface area contributed by atoms with E-state index in [4.69, 9.17) is 9.47 Å². The molecule has 1 aliphatic heterocycles. The molecule has 0 unspecified atom stereocenters. The van der Waals surface area contributed by atoms with Crippen LogP contribution in [0.25, 0.3) is 11.0 Å². The Bertz CT molecular complexity index is 597. The predicted molar refractivity (Wildman–Crippen MR) is 81.8 cm³/mol. The highest BCUT2D eigenvalue weighted by Gasteiger charge is 2.15. The summed E-state index contributed by atoms with van der Waals surface area (Å²) < 4.78 is 11.1. The van der Waals surface area contributed by atoms with Gasteiger partial charge in [-0.15, -0.1) is 0 Å². The molecule has 2 heterocycles. The Labute approximate surface area is 124 Å². The van der Waals surface area contributed by atoms with Gasteiger partial charge in [-0.1, -0.05) is 12.1 Å². The molecule has 0 radical (unpaired) electrons. The minimum atomic E-state index is 0.454. The molecule has 0 spiro atoms. The molecule has 0 saturated carbocycles. The van der Waals surface area contributed by atoms with Gasteiger partial charge in [-0.3, -0.25) is 0 Å². The second-order valence-corrected chi connectivity index (χ2v) is 5.38. The maximum Gasteiger partial charge on any atom is 0.278 e. The minimum Gasteiger partial charge on any atom is -0.477 e. The normalized spacial score (nSPS) is 18.6. The van der Waals surface area contributed by atoms with Gasteiger partial charge in [-0.2, -0.15) is 0 Å². The van der Waals surface area contributed by atoms with Gasteiger partial charge in [0.2, 0.25) is 0 Å². The molecule has 1 aromatic heterocycles. The number of hydrogen-bond acceptors (Lipinski definition) is 5. The van der Waals surface area contributed by atoms with E-state index in [0.717, 1.165) is 30.5 Å². The fraction of sp³-hybridized carbons (Fsp3) is 0.500. The lowest BCUT2D eigenvalue weighted by molar-refractivity contribution is 0.236. The lowest BCUT2D eigenvalue weighted by Crippen LogP contribution is -2.30. The summed E-state index contributed by atoms with van der Waals surface area (Å²) in [6.45, 7) is 2.88. The van der Waals surface area contributed by atoms with Gasteiger partial charge in [0.25, 0.3) is 11.8 Å². The van der Waals surface area contributed by atoms with Gasteiger partial charge in [0.1, 0.15) is 0 Å². The number of aromatic nitrogens is 2. The molecule has 1 N–H and O–H groups in total. The molecule has 112 valence electrons. The van der Waals surface area contributed by atoms with Crippen molar-refractivity contribution >= 4 is 11.0 Å². The van der Waals surface area contributed by atoms with E-state index in [2.05, 4.69) is 15.3 Å². The lowest BCUT2D eigenvalue weighted by Gasteiger charge is -2.22. The van der Waals surface area contributed by atoms with E-state index < -0.39 is 0 Å². The summed E-state index contributed by atoms with van der Waals surface area (Å²) in [5.74, 6) is 1.63. The van der Waals surface area contributed by atoms with Crippen molar-refractivity contribution in [2.24, 2.45) is 5.92 Å². The fourth-order valence-electron chi connectivity index (χ4n) is 2.69. The number of rotatable bonds is 5. The molecule has 5 heteroatoms. The van der Waals surface area contributed by atoms with Crippen LogP contribution in [-0.4, -0.2) is 36.8 Å². The summed E-state index contributed by atoms with van der Waals surface area (Å²) in [4.78, 5) is 8.94. The third-order valence-electron chi connectivity index (χ3n) is 3.87. The van der Waals surface area contributed by atoms with Gasteiger partial charge in [0.15, 0.2) is 0 Å². The molecule has 1 atom stereocenters. The number of methoxy groups -OCH3 is 1. The lowest BCUT2D eigenvalue weighted by atomic mass is 9.97. The van der Waals surface area contributed by atoms with Gasteiger partial charge >= 0.3 is 0 Å². The van der Waals surface area contributed by atoms with Crippen LogP contribution in [0.15, 0.2) is 24.3 Å². The van der Waals surface area contributed by atoms with E-state index in [1.165, 1.54) is 12.8 Å². The molecule has 2 aromatic rings. The molecular weight excluding hydrogens is 266 g/mol. The van der Waals surface area contributed by atoms with Crippen LogP contribution in [0.3, 0.4) is 0 Å². The van der Waals surface area contributed by atoms with Gasteiger partial charge in [0, 0.05) is 0 Å². The van der Waals surface area contributed by atoms with Crippen LogP contribution in [-0.2, 0) is 0 Å². The Morgan fingerprint density at radius 2 is 1.95 bits per heavy atom. The van der Waals surface area contributed by atoms with Crippen LogP contribution >= 0.6 is 0 Å². The van der Waals surface area contributed by atoms with Gasteiger partial charge in [0.05, 0.1) is 24.8 Å². The maximum absolute atomic E-state index is 5.81. The van der Waals surface area contributed by atoms with E-state index in [-0.39, 0.29) is 0 Å². The van der Waals surface area contributed by atoms with Crippen molar-refractivity contribution in [3.63, 3.8) is 0 Å². The first-order valence-corrected chi connectivity index (χ1v) is 7.51. The van der Waals surface area contributed by atoms with Crippen molar-refractivity contribution in [2.45, 2.75) is 19.3 Å². The Balaban J connectivity index is 1.67. The quantitative estimate of drug-likeness (QED) is 0.915. The number of para-hydroxylation sites is 2. The van der Waals surface area contributed by atoms with Crippen molar-refractivity contribution in [3.8, 4) is 11.8 Å². The van der Waals surface area contributed by atoms with Crippen molar-refractivity contribution in [2.75, 3.05) is 26.8 Å². The average Bonchev–Trinajstić information content (AvgIpc) is 2.55. The Kier molecular flexibility index (Phi) is 4.50.